The van der Waals surface area contributed by atoms with Crippen molar-refractivity contribution in [2.45, 2.75) is 25.8 Å². The number of H-pyrrole nitrogens is 1. The van der Waals surface area contributed by atoms with Gasteiger partial charge in [-0.2, -0.15) is 10.2 Å². The van der Waals surface area contributed by atoms with Crippen molar-refractivity contribution in [3.05, 3.63) is 47.5 Å². The first-order valence-corrected chi connectivity index (χ1v) is 8.67. The van der Waals surface area contributed by atoms with Gasteiger partial charge in [-0.05, 0) is 44.5 Å². The standard InChI is InChI=1S/C18H21N7O/c1-11-16(12-5-8-19-9-6-12)22-23-17(11)21-18(26)15-10-14(24-25(15)2)13-4-3-7-20-13/h5-6,8-10,13,20H,3-4,7H2,1-2H3,(H2,21,22,23,26). The number of aromatic amines is 1. The smallest absolute Gasteiger partial charge is 0.275 e. The van der Waals surface area contributed by atoms with Crippen LogP contribution in [0.2, 0.25) is 0 Å². The largest absolute Gasteiger partial charge is 0.309 e. The van der Waals surface area contributed by atoms with Gasteiger partial charge in [0.2, 0.25) is 0 Å². The van der Waals surface area contributed by atoms with E-state index in [1.165, 1.54) is 0 Å². The zero-order valence-corrected chi connectivity index (χ0v) is 14.8. The maximum absolute atomic E-state index is 12.7. The van der Waals surface area contributed by atoms with E-state index in [0.717, 1.165) is 41.9 Å². The average Bonchev–Trinajstić information content (AvgIpc) is 3.37. The van der Waals surface area contributed by atoms with Crippen LogP contribution in [0.15, 0.2) is 30.6 Å². The second-order valence-corrected chi connectivity index (χ2v) is 6.49. The van der Waals surface area contributed by atoms with Crippen molar-refractivity contribution in [1.82, 2.24) is 30.3 Å². The number of carbonyl (C=O) groups excluding carboxylic acids is 1. The molecule has 0 saturated carbocycles. The zero-order chi connectivity index (χ0) is 18.1. The number of anilines is 1. The highest BCUT2D eigenvalue weighted by molar-refractivity contribution is 6.03. The maximum atomic E-state index is 12.7. The van der Waals surface area contributed by atoms with Crippen LogP contribution in [0.25, 0.3) is 11.3 Å². The molecule has 4 heterocycles. The van der Waals surface area contributed by atoms with Crippen LogP contribution in [0.1, 0.15) is 40.6 Å². The SMILES string of the molecule is Cc1c(NC(=O)c2cc(C3CCCN3)nn2C)n[nH]c1-c1ccncc1. The summed E-state index contributed by atoms with van der Waals surface area (Å²) in [5.41, 5.74) is 4.14. The van der Waals surface area contributed by atoms with Gasteiger partial charge in [-0.15, -0.1) is 0 Å². The molecule has 0 spiro atoms. The Bertz CT molecular complexity index is 922. The van der Waals surface area contributed by atoms with E-state index < -0.39 is 0 Å². The minimum Gasteiger partial charge on any atom is -0.309 e. The fourth-order valence-electron chi connectivity index (χ4n) is 3.30. The van der Waals surface area contributed by atoms with Crippen LogP contribution >= 0.6 is 0 Å². The molecule has 3 aromatic heterocycles. The number of carbonyl (C=O) groups is 1. The number of pyridine rings is 1. The molecule has 1 fully saturated rings. The lowest BCUT2D eigenvalue weighted by atomic mass is 10.1. The summed E-state index contributed by atoms with van der Waals surface area (Å²) in [6.07, 6.45) is 5.63. The molecule has 1 saturated heterocycles. The Balaban J connectivity index is 1.55. The van der Waals surface area contributed by atoms with Gasteiger partial charge in [0, 0.05) is 30.6 Å². The fraction of sp³-hybridized carbons (Fsp3) is 0.333. The lowest BCUT2D eigenvalue weighted by molar-refractivity contribution is 0.101. The summed E-state index contributed by atoms with van der Waals surface area (Å²) in [6.45, 7) is 2.92. The van der Waals surface area contributed by atoms with E-state index in [1.807, 2.05) is 25.1 Å². The molecule has 3 aromatic rings. The van der Waals surface area contributed by atoms with Crippen molar-refractivity contribution >= 4 is 11.7 Å². The van der Waals surface area contributed by atoms with E-state index >= 15 is 0 Å². The molecule has 26 heavy (non-hydrogen) atoms. The number of hydrogen-bond donors (Lipinski definition) is 3. The number of amides is 1. The Morgan fingerprint density at radius 3 is 2.88 bits per heavy atom. The van der Waals surface area contributed by atoms with E-state index in [9.17, 15) is 4.79 Å². The molecule has 0 radical (unpaired) electrons. The molecule has 8 heteroatoms. The van der Waals surface area contributed by atoms with Gasteiger partial charge in [0.15, 0.2) is 5.82 Å². The highest BCUT2D eigenvalue weighted by Crippen LogP contribution is 2.26. The van der Waals surface area contributed by atoms with Crippen LogP contribution < -0.4 is 10.6 Å². The first-order chi connectivity index (χ1) is 12.6. The molecule has 0 aromatic carbocycles. The second-order valence-electron chi connectivity index (χ2n) is 6.49. The van der Waals surface area contributed by atoms with Crippen LogP contribution in [0.5, 0.6) is 0 Å². The first-order valence-electron chi connectivity index (χ1n) is 8.67. The Morgan fingerprint density at radius 2 is 2.15 bits per heavy atom. The molecule has 0 bridgehead atoms. The topological polar surface area (TPSA) is 101 Å². The van der Waals surface area contributed by atoms with Crippen LogP contribution in [-0.4, -0.2) is 37.4 Å². The second kappa shape index (κ2) is 6.72. The van der Waals surface area contributed by atoms with Gasteiger partial charge < -0.3 is 10.6 Å². The van der Waals surface area contributed by atoms with Gasteiger partial charge in [0.05, 0.1) is 17.4 Å². The molecular formula is C18H21N7O. The zero-order valence-electron chi connectivity index (χ0n) is 14.8. The predicted molar refractivity (Wildman–Crippen MR) is 97.7 cm³/mol. The summed E-state index contributed by atoms with van der Waals surface area (Å²) in [5.74, 6) is 0.295. The molecule has 1 aliphatic heterocycles. The first kappa shape index (κ1) is 16.5. The molecule has 8 nitrogen and oxygen atoms in total. The van der Waals surface area contributed by atoms with Crippen molar-refractivity contribution in [3.8, 4) is 11.3 Å². The molecule has 1 aliphatic rings. The summed E-state index contributed by atoms with van der Waals surface area (Å²) in [6, 6.07) is 5.87. The summed E-state index contributed by atoms with van der Waals surface area (Å²) >= 11 is 0. The van der Waals surface area contributed by atoms with Gasteiger partial charge in [-0.25, -0.2) is 0 Å². The van der Waals surface area contributed by atoms with Crippen LogP contribution in [0.3, 0.4) is 0 Å². The third-order valence-corrected chi connectivity index (χ3v) is 4.76. The van der Waals surface area contributed by atoms with Gasteiger partial charge in [0.25, 0.3) is 5.91 Å². The van der Waals surface area contributed by atoms with E-state index in [1.54, 1.807) is 24.1 Å². The highest BCUT2D eigenvalue weighted by Gasteiger charge is 2.23. The highest BCUT2D eigenvalue weighted by atomic mass is 16.2. The number of aromatic nitrogens is 5. The minimum absolute atomic E-state index is 0.222. The number of aryl methyl sites for hydroxylation is 1. The van der Waals surface area contributed by atoms with Crippen LogP contribution in [0, 0.1) is 6.92 Å². The van der Waals surface area contributed by atoms with Gasteiger partial charge in [-0.3, -0.25) is 19.6 Å². The summed E-state index contributed by atoms with van der Waals surface area (Å²) in [4.78, 5) is 16.7. The molecule has 1 amide bonds. The van der Waals surface area contributed by atoms with Gasteiger partial charge in [0.1, 0.15) is 5.69 Å². The third-order valence-electron chi connectivity index (χ3n) is 4.76. The summed E-state index contributed by atoms with van der Waals surface area (Å²) in [7, 11) is 1.78. The molecule has 3 N–H and O–H groups in total. The Labute approximate surface area is 151 Å². The number of nitrogens with one attached hydrogen (secondary N) is 3. The summed E-state index contributed by atoms with van der Waals surface area (Å²) in [5, 5.41) is 18.0. The van der Waals surface area contributed by atoms with Crippen LogP contribution in [0.4, 0.5) is 5.82 Å². The number of rotatable bonds is 4. The van der Waals surface area contributed by atoms with E-state index in [-0.39, 0.29) is 11.9 Å². The molecule has 134 valence electrons. The normalized spacial score (nSPS) is 16.8. The predicted octanol–water partition coefficient (Wildman–Crippen LogP) is 2.19. The Kier molecular flexibility index (Phi) is 4.26. The van der Waals surface area contributed by atoms with Gasteiger partial charge >= 0.3 is 0 Å². The number of nitrogens with zero attached hydrogens (tertiary/aromatic N) is 4. The molecule has 0 aliphatic carbocycles. The minimum atomic E-state index is -0.222. The number of hydrogen-bond acceptors (Lipinski definition) is 5. The van der Waals surface area contributed by atoms with E-state index in [4.69, 9.17) is 0 Å². The van der Waals surface area contributed by atoms with E-state index in [2.05, 4.69) is 30.9 Å². The maximum Gasteiger partial charge on any atom is 0.275 e. The third kappa shape index (κ3) is 2.99. The average molecular weight is 351 g/mol. The van der Waals surface area contributed by atoms with Crippen molar-refractivity contribution < 1.29 is 4.79 Å². The van der Waals surface area contributed by atoms with E-state index in [0.29, 0.717) is 11.5 Å². The van der Waals surface area contributed by atoms with Crippen molar-refractivity contribution in [2.75, 3.05) is 11.9 Å². The van der Waals surface area contributed by atoms with Crippen molar-refractivity contribution in [2.24, 2.45) is 7.05 Å². The molecule has 4 rings (SSSR count). The Morgan fingerprint density at radius 1 is 1.35 bits per heavy atom. The lowest BCUT2D eigenvalue weighted by Gasteiger charge is -2.04. The molecular weight excluding hydrogens is 330 g/mol. The molecule has 1 unspecified atom stereocenters. The van der Waals surface area contributed by atoms with Crippen molar-refractivity contribution in [1.29, 1.82) is 0 Å². The van der Waals surface area contributed by atoms with Crippen molar-refractivity contribution in [3.63, 3.8) is 0 Å². The molecule has 1 atom stereocenters. The summed E-state index contributed by atoms with van der Waals surface area (Å²) < 4.78 is 1.62. The van der Waals surface area contributed by atoms with Crippen LogP contribution in [-0.2, 0) is 7.05 Å². The quantitative estimate of drug-likeness (QED) is 0.669. The lowest BCUT2D eigenvalue weighted by Crippen LogP contribution is -2.16. The fourth-order valence-corrected chi connectivity index (χ4v) is 3.30. The monoisotopic (exact) mass is 351 g/mol. The Hall–Kier alpha value is -3.00. The van der Waals surface area contributed by atoms with Gasteiger partial charge in [-0.1, -0.05) is 0 Å².